The Balaban J connectivity index is 3.17. The molecule has 0 fully saturated rings. The van der Waals surface area contributed by atoms with Gasteiger partial charge in [-0.25, -0.2) is 8.42 Å². The summed E-state index contributed by atoms with van der Waals surface area (Å²) in [4.78, 5) is 20.7. The molecule has 0 radical (unpaired) electrons. The number of nitro benzene ring substituents is 1. The normalized spacial score (nSPS) is 13.1. The molecule has 0 N–H and O–H groups in total. The highest BCUT2D eigenvalue weighted by molar-refractivity contribution is 7.92. The number of ketones is 1. The molecule has 0 aliphatic carbocycles. The van der Waals surface area contributed by atoms with Gasteiger partial charge in [0, 0.05) is 12.1 Å². The lowest BCUT2D eigenvalue weighted by Crippen LogP contribution is -2.25. The fraction of sp³-hybridized carbons (Fsp3) is 0.300. The number of sulfone groups is 1. The lowest BCUT2D eigenvalue weighted by Gasteiger charge is -2.09. The van der Waals surface area contributed by atoms with Crippen LogP contribution in [0, 0.1) is 10.1 Å². The number of nitro groups is 1. The third-order valence-corrected chi connectivity index (χ3v) is 4.61. The van der Waals surface area contributed by atoms with Crippen LogP contribution in [0.1, 0.15) is 13.8 Å². The number of benzene rings is 1. The topological polar surface area (TPSA) is 94.3 Å². The fourth-order valence-corrected chi connectivity index (χ4v) is 2.54. The Morgan fingerprint density at radius 3 is 2.12 bits per heavy atom. The van der Waals surface area contributed by atoms with Gasteiger partial charge in [0.25, 0.3) is 5.69 Å². The summed E-state index contributed by atoms with van der Waals surface area (Å²) >= 11 is 0. The Morgan fingerprint density at radius 1 is 1.29 bits per heavy atom. The molecule has 0 saturated carbocycles. The summed E-state index contributed by atoms with van der Waals surface area (Å²) in [6.45, 7) is 2.48. The molecule has 1 atom stereocenters. The molecule has 92 valence electrons. The van der Waals surface area contributed by atoms with Crippen molar-refractivity contribution in [1.82, 2.24) is 0 Å². The first kappa shape index (κ1) is 13.3. The minimum atomic E-state index is -3.75. The standard InChI is InChI=1S/C10H11NO5S/c1-7(12)8(2)17(15,16)10-5-3-9(4-6-10)11(13)14/h3-6,8H,1-2H3. The molecule has 17 heavy (non-hydrogen) atoms. The summed E-state index contributed by atoms with van der Waals surface area (Å²) in [6, 6.07) is 4.46. The predicted molar refractivity (Wildman–Crippen MR) is 60.4 cm³/mol. The minimum absolute atomic E-state index is 0.0919. The number of carbonyl (C=O) groups excluding carboxylic acids is 1. The van der Waals surface area contributed by atoms with Crippen molar-refractivity contribution in [2.45, 2.75) is 24.0 Å². The minimum Gasteiger partial charge on any atom is -0.299 e. The molecule has 0 aliphatic rings. The molecule has 0 aromatic heterocycles. The predicted octanol–water partition coefficient (Wildman–Crippen LogP) is 1.35. The number of non-ortho nitro benzene ring substituents is 1. The second kappa shape index (κ2) is 4.62. The van der Waals surface area contributed by atoms with Crippen molar-refractivity contribution < 1.29 is 18.1 Å². The van der Waals surface area contributed by atoms with Gasteiger partial charge in [0.05, 0.1) is 9.82 Å². The maximum atomic E-state index is 11.9. The lowest BCUT2D eigenvalue weighted by atomic mass is 10.3. The summed E-state index contributed by atoms with van der Waals surface area (Å²) in [5.74, 6) is -0.469. The van der Waals surface area contributed by atoms with Crippen LogP contribution in [0.3, 0.4) is 0 Å². The first-order chi connectivity index (χ1) is 7.76. The second-order valence-corrected chi connectivity index (χ2v) is 5.82. The molecule has 0 spiro atoms. The van der Waals surface area contributed by atoms with Gasteiger partial charge in [-0.3, -0.25) is 14.9 Å². The van der Waals surface area contributed by atoms with Gasteiger partial charge < -0.3 is 0 Å². The average Bonchev–Trinajstić information content (AvgIpc) is 2.27. The molecule has 1 aromatic rings. The molecule has 1 rings (SSSR count). The third kappa shape index (κ3) is 2.68. The lowest BCUT2D eigenvalue weighted by molar-refractivity contribution is -0.384. The second-order valence-electron chi connectivity index (χ2n) is 3.55. The van der Waals surface area contributed by atoms with E-state index in [1.165, 1.54) is 13.8 Å². The molecule has 1 unspecified atom stereocenters. The largest absolute Gasteiger partial charge is 0.299 e. The number of carbonyl (C=O) groups is 1. The van der Waals surface area contributed by atoms with Crippen molar-refractivity contribution in [3.05, 3.63) is 34.4 Å². The summed E-state index contributed by atoms with van der Waals surface area (Å²) < 4.78 is 23.7. The fourth-order valence-electron chi connectivity index (χ4n) is 1.18. The highest BCUT2D eigenvalue weighted by Crippen LogP contribution is 2.20. The van der Waals surface area contributed by atoms with Gasteiger partial charge >= 0.3 is 0 Å². The quantitative estimate of drug-likeness (QED) is 0.599. The maximum absolute atomic E-state index is 11.9. The number of Topliss-reactive ketones (excluding diaryl/α,β-unsaturated/α-hetero) is 1. The van der Waals surface area contributed by atoms with Gasteiger partial charge in [-0.15, -0.1) is 0 Å². The molecule has 1 aromatic carbocycles. The Hall–Kier alpha value is -1.76. The zero-order chi connectivity index (χ0) is 13.2. The van der Waals surface area contributed by atoms with Crippen LogP contribution in [0.5, 0.6) is 0 Å². The van der Waals surface area contributed by atoms with Crippen LogP contribution < -0.4 is 0 Å². The smallest absolute Gasteiger partial charge is 0.269 e. The van der Waals surface area contributed by atoms with E-state index >= 15 is 0 Å². The molecule has 0 saturated heterocycles. The Morgan fingerprint density at radius 2 is 1.76 bits per heavy atom. The first-order valence-corrected chi connectivity index (χ1v) is 6.30. The van der Waals surface area contributed by atoms with Crippen LogP contribution >= 0.6 is 0 Å². The van der Waals surface area contributed by atoms with Crippen molar-refractivity contribution in [3.63, 3.8) is 0 Å². The average molecular weight is 257 g/mol. The summed E-state index contributed by atoms with van der Waals surface area (Å²) in [5, 5.41) is 9.26. The summed E-state index contributed by atoms with van der Waals surface area (Å²) in [6.07, 6.45) is 0. The van der Waals surface area contributed by atoms with Gasteiger partial charge in [-0.2, -0.15) is 0 Å². The van der Waals surface area contributed by atoms with Crippen LogP contribution in [0.2, 0.25) is 0 Å². The van der Waals surface area contributed by atoms with E-state index < -0.39 is 25.8 Å². The van der Waals surface area contributed by atoms with Gasteiger partial charge in [-0.1, -0.05) is 0 Å². The Kier molecular flexibility index (Phi) is 3.62. The van der Waals surface area contributed by atoms with Crippen molar-refractivity contribution >= 4 is 21.3 Å². The van der Waals surface area contributed by atoms with E-state index in [4.69, 9.17) is 0 Å². The molecule has 7 heteroatoms. The first-order valence-electron chi connectivity index (χ1n) is 4.75. The van der Waals surface area contributed by atoms with Gasteiger partial charge in [0.15, 0.2) is 9.84 Å². The van der Waals surface area contributed by atoms with E-state index in [1.807, 2.05) is 0 Å². The number of nitrogens with zero attached hydrogens (tertiary/aromatic N) is 1. The van der Waals surface area contributed by atoms with Crippen LogP contribution in [-0.4, -0.2) is 24.4 Å². The van der Waals surface area contributed by atoms with Crippen molar-refractivity contribution in [1.29, 1.82) is 0 Å². The van der Waals surface area contributed by atoms with Gasteiger partial charge in [0.2, 0.25) is 0 Å². The Bertz CT molecular complexity index is 547. The SMILES string of the molecule is CC(=O)C(C)S(=O)(=O)c1ccc([N+](=O)[O-])cc1. The third-order valence-electron chi connectivity index (χ3n) is 2.41. The van der Waals surface area contributed by atoms with Crippen LogP contribution in [0.4, 0.5) is 5.69 Å². The van der Waals surface area contributed by atoms with E-state index in [0.29, 0.717) is 0 Å². The molecule has 0 bridgehead atoms. The zero-order valence-electron chi connectivity index (χ0n) is 9.28. The monoisotopic (exact) mass is 257 g/mol. The van der Waals surface area contributed by atoms with Gasteiger partial charge in [-0.05, 0) is 26.0 Å². The van der Waals surface area contributed by atoms with Crippen LogP contribution in [-0.2, 0) is 14.6 Å². The zero-order valence-corrected chi connectivity index (χ0v) is 10.1. The highest BCUT2D eigenvalue weighted by atomic mass is 32.2. The summed E-state index contributed by atoms with van der Waals surface area (Å²) in [5.41, 5.74) is -0.195. The van der Waals surface area contributed by atoms with Gasteiger partial charge in [0.1, 0.15) is 11.0 Å². The maximum Gasteiger partial charge on any atom is 0.269 e. The van der Waals surface area contributed by atoms with Crippen molar-refractivity contribution in [2.75, 3.05) is 0 Å². The Labute approximate surface area is 98.3 Å². The van der Waals surface area contributed by atoms with Crippen LogP contribution in [0.25, 0.3) is 0 Å². The number of hydrogen-bond donors (Lipinski definition) is 0. The van der Waals surface area contributed by atoms with E-state index in [9.17, 15) is 23.3 Å². The van der Waals surface area contributed by atoms with Crippen LogP contribution in [0.15, 0.2) is 29.2 Å². The molecule has 0 amide bonds. The summed E-state index contributed by atoms with van der Waals surface area (Å²) in [7, 11) is -3.75. The number of rotatable bonds is 4. The highest BCUT2D eigenvalue weighted by Gasteiger charge is 2.27. The molecule has 6 nitrogen and oxygen atoms in total. The van der Waals surface area contributed by atoms with Crippen molar-refractivity contribution in [3.8, 4) is 0 Å². The number of hydrogen-bond acceptors (Lipinski definition) is 5. The van der Waals surface area contributed by atoms with E-state index in [-0.39, 0.29) is 10.6 Å². The molecule has 0 aliphatic heterocycles. The van der Waals surface area contributed by atoms with E-state index in [0.717, 1.165) is 24.3 Å². The van der Waals surface area contributed by atoms with E-state index in [2.05, 4.69) is 0 Å². The van der Waals surface area contributed by atoms with E-state index in [1.54, 1.807) is 0 Å². The van der Waals surface area contributed by atoms with Crippen molar-refractivity contribution in [2.24, 2.45) is 0 Å². The molecule has 0 heterocycles. The molecular weight excluding hydrogens is 246 g/mol. The molecular formula is C10H11NO5S.